The lowest BCUT2D eigenvalue weighted by molar-refractivity contribution is 0.953. The van der Waals surface area contributed by atoms with Gasteiger partial charge in [0.1, 0.15) is 10.1 Å². The van der Waals surface area contributed by atoms with E-state index >= 15 is 0 Å². The van der Waals surface area contributed by atoms with Crippen molar-refractivity contribution < 1.29 is 0 Å². The first kappa shape index (κ1) is 17.7. The molecule has 3 heterocycles. The minimum Gasteiger partial charge on any atom is -0.248 e. The molecule has 0 radical (unpaired) electrons. The molecule has 30 heavy (non-hydrogen) atoms. The first-order valence-corrected chi connectivity index (χ1v) is 11.3. The van der Waals surface area contributed by atoms with Crippen molar-refractivity contribution in [2.45, 2.75) is 19.8 Å². The van der Waals surface area contributed by atoms with E-state index in [1.807, 2.05) is 42.5 Å². The van der Waals surface area contributed by atoms with Gasteiger partial charge in [-0.1, -0.05) is 78.1 Å². The summed E-state index contributed by atoms with van der Waals surface area (Å²) in [4.78, 5) is 17.0. The van der Waals surface area contributed by atoms with E-state index < -0.39 is 0 Å². The van der Waals surface area contributed by atoms with Crippen molar-refractivity contribution in [3.05, 3.63) is 91.0 Å². The quantitative estimate of drug-likeness (QED) is 0.302. The predicted octanol–water partition coefficient (Wildman–Crippen LogP) is 6.97. The maximum atomic E-state index is 4.90. The second-order valence-electron chi connectivity index (χ2n) is 6.96. The van der Waals surface area contributed by atoms with Gasteiger partial charge in [-0.05, 0) is 36.4 Å². The lowest BCUT2D eigenvalue weighted by atomic mass is 10.1. The lowest BCUT2D eigenvalue weighted by Gasteiger charge is -2.18. The van der Waals surface area contributed by atoms with Gasteiger partial charge in [-0.15, -0.1) is 0 Å². The SMILES string of the molecule is c1ccc(-c2cccc(-c3ccc4c(c3)Sc3nc5ccccc5nc3S4)n2)cc1. The monoisotopic (exact) mass is 421 g/mol. The fourth-order valence-electron chi connectivity index (χ4n) is 3.51. The molecule has 0 saturated carbocycles. The number of pyridine rings is 1. The Bertz CT molecular complexity index is 1400. The average Bonchev–Trinajstić information content (AvgIpc) is 2.81. The van der Waals surface area contributed by atoms with E-state index in [0.717, 1.165) is 43.6 Å². The van der Waals surface area contributed by atoms with Crippen molar-refractivity contribution in [2.75, 3.05) is 0 Å². The van der Waals surface area contributed by atoms with Gasteiger partial charge in [0.25, 0.3) is 0 Å². The molecule has 0 unspecified atom stereocenters. The molecular formula is C25H15N3S2. The van der Waals surface area contributed by atoms with E-state index in [9.17, 15) is 0 Å². The number of benzene rings is 3. The smallest absolute Gasteiger partial charge is 0.134 e. The van der Waals surface area contributed by atoms with Crippen LogP contribution in [-0.2, 0) is 0 Å². The first-order valence-electron chi connectivity index (χ1n) is 9.63. The fourth-order valence-corrected chi connectivity index (χ4v) is 5.63. The molecule has 3 nitrogen and oxygen atoms in total. The minimum atomic E-state index is 0.932. The zero-order valence-corrected chi connectivity index (χ0v) is 17.5. The maximum Gasteiger partial charge on any atom is 0.134 e. The van der Waals surface area contributed by atoms with Crippen LogP contribution in [-0.4, -0.2) is 15.0 Å². The van der Waals surface area contributed by atoms with Crippen LogP contribution in [0.5, 0.6) is 0 Å². The Balaban J connectivity index is 1.38. The van der Waals surface area contributed by atoms with Gasteiger partial charge in [-0.25, -0.2) is 15.0 Å². The normalized spacial score (nSPS) is 12.4. The maximum absolute atomic E-state index is 4.90. The van der Waals surface area contributed by atoms with Gasteiger partial charge in [0.15, 0.2) is 0 Å². The summed E-state index contributed by atoms with van der Waals surface area (Å²) in [7, 11) is 0. The Hall–Kier alpha value is -3.15. The Labute approximate surface area is 182 Å². The largest absolute Gasteiger partial charge is 0.248 e. The van der Waals surface area contributed by atoms with Crippen molar-refractivity contribution in [3.63, 3.8) is 0 Å². The van der Waals surface area contributed by atoms with Crippen LogP contribution in [0, 0.1) is 0 Å². The van der Waals surface area contributed by atoms with Crippen LogP contribution >= 0.6 is 23.5 Å². The van der Waals surface area contributed by atoms with E-state index in [2.05, 4.69) is 48.5 Å². The van der Waals surface area contributed by atoms with Crippen LogP contribution in [0.3, 0.4) is 0 Å². The highest BCUT2D eigenvalue weighted by atomic mass is 32.2. The lowest BCUT2D eigenvalue weighted by Crippen LogP contribution is -1.97. The number of fused-ring (bicyclic) bond motifs is 3. The number of rotatable bonds is 2. The molecule has 0 aliphatic carbocycles. The molecule has 0 N–H and O–H groups in total. The first-order chi connectivity index (χ1) is 14.8. The zero-order valence-electron chi connectivity index (χ0n) is 15.8. The summed E-state index contributed by atoms with van der Waals surface area (Å²) < 4.78 is 0. The molecule has 2 aromatic heterocycles. The van der Waals surface area contributed by atoms with Crippen LogP contribution in [0.15, 0.2) is 111 Å². The molecule has 1 aliphatic heterocycles. The molecular weight excluding hydrogens is 406 g/mol. The van der Waals surface area contributed by atoms with Crippen LogP contribution < -0.4 is 0 Å². The van der Waals surface area contributed by atoms with Gasteiger partial charge in [0.2, 0.25) is 0 Å². The molecule has 0 saturated heterocycles. The van der Waals surface area contributed by atoms with Gasteiger partial charge in [-0.3, -0.25) is 0 Å². The van der Waals surface area contributed by atoms with Crippen LogP contribution in [0.4, 0.5) is 0 Å². The Morgan fingerprint density at radius 2 is 1.10 bits per heavy atom. The van der Waals surface area contributed by atoms with E-state index in [1.165, 1.54) is 9.79 Å². The van der Waals surface area contributed by atoms with Crippen LogP contribution in [0.2, 0.25) is 0 Å². The van der Waals surface area contributed by atoms with E-state index in [4.69, 9.17) is 15.0 Å². The predicted molar refractivity (Wildman–Crippen MR) is 123 cm³/mol. The standard InChI is InChI=1S/C25H15N3S2/c1-2-7-16(8-3-1)18-11-6-12-19(26-18)17-13-14-22-23(15-17)30-25-24(29-22)27-20-9-4-5-10-21(20)28-25/h1-15H. The number of hydrogen-bond donors (Lipinski definition) is 0. The average molecular weight is 422 g/mol. The van der Waals surface area contributed by atoms with Crippen LogP contribution in [0.1, 0.15) is 0 Å². The fraction of sp³-hybridized carbons (Fsp3) is 0. The molecule has 142 valence electrons. The van der Waals surface area contributed by atoms with Gasteiger partial charge in [-0.2, -0.15) is 0 Å². The molecule has 5 aromatic rings. The van der Waals surface area contributed by atoms with Gasteiger partial charge >= 0.3 is 0 Å². The van der Waals surface area contributed by atoms with Crippen LogP contribution in [0.25, 0.3) is 33.5 Å². The van der Waals surface area contributed by atoms with Gasteiger partial charge in [0, 0.05) is 20.9 Å². The van der Waals surface area contributed by atoms with Crippen molar-refractivity contribution >= 4 is 34.6 Å². The van der Waals surface area contributed by atoms with Crippen molar-refractivity contribution in [1.29, 1.82) is 0 Å². The highest BCUT2D eigenvalue weighted by molar-refractivity contribution is 8.05. The Morgan fingerprint density at radius 1 is 0.467 bits per heavy atom. The molecule has 1 aliphatic rings. The third kappa shape index (κ3) is 3.16. The number of para-hydroxylation sites is 2. The molecule has 0 fully saturated rings. The highest BCUT2D eigenvalue weighted by Gasteiger charge is 2.21. The van der Waals surface area contributed by atoms with Crippen molar-refractivity contribution in [3.8, 4) is 22.5 Å². The number of nitrogens with zero attached hydrogens (tertiary/aromatic N) is 3. The van der Waals surface area contributed by atoms with Gasteiger partial charge < -0.3 is 0 Å². The second kappa shape index (κ2) is 7.27. The molecule has 3 aromatic carbocycles. The third-order valence-corrected chi connectivity index (χ3v) is 7.33. The molecule has 0 amide bonds. The zero-order chi connectivity index (χ0) is 19.9. The third-order valence-electron chi connectivity index (χ3n) is 4.98. The summed E-state index contributed by atoms with van der Waals surface area (Å²) >= 11 is 3.37. The van der Waals surface area contributed by atoms with Crippen molar-refractivity contribution in [1.82, 2.24) is 15.0 Å². The summed E-state index contributed by atoms with van der Waals surface area (Å²) in [5, 5.41) is 1.94. The molecule has 6 rings (SSSR count). The minimum absolute atomic E-state index is 0.932. The number of aromatic nitrogens is 3. The van der Waals surface area contributed by atoms with Crippen molar-refractivity contribution in [2.24, 2.45) is 0 Å². The molecule has 0 spiro atoms. The summed E-state index contributed by atoms with van der Waals surface area (Å²) in [5.41, 5.74) is 6.05. The molecule has 0 atom stereocenters. The Morgan fingerprint density at radius 3 is 1.83 bits per heavy atom. The summed E-state index contributed by atoms with van der Waals surface area (Å²) in [6, 6.07) is 31.0. The Kier molecular flexibility index (Phi) is 4.29. The van der Waals surface area contributed by atoms with E-state index in [1.54, 1.807) is 23.5 Å². The summed E-state index contributed by atoms with van der Waals surface area (Å²) in [5.74, 6) is 0. The van der Waals surface area contributed by atoms with E-state index in [0.29, 0.717) is 0 Å². The number of hydrogen-bond acceptors (Lipinski definition) is 5. The summed E-state index contributed by atoms with van der Waals surface area (Å²) in [6.07, 6.45) is 0. The highest BCUT2D eigenvalue weighted by Crippen LogP contribution is 2.48. The topological polar surface area (TPSA) is 38.7 Å². The molecule has 0 bridgehead atoms. The van der Waals surface area contributed by atoms with E-state index in [-0.39, 0.29) is 0 Å². The summed E-state index contributed by atoms with van der Waals surface area (Å²) in [6.45, 7) is 0. The molecule has 5 heteroatoms. The van der Waals surface area contributed by atoms with Gasteiger partial charge in [0.05, 0.1) is 22.4 Å². The second-order valence-corrected chi connectivity index (χ2v) is 9.02.